The van der Waals surface area contributed by atoms with Gasteiger partial charge in [0.15, 0.2) is 0 Å². The predicted molar refractivity (Wildman–Crippen MR) is 51.8 cm³/mol. The molecule has 3 nitrogen and oxygen atoms in total. The molecule has 3 heteroatoms. The molecule has 0 spiro atoms. The van der Waals surface area contributed by atoms with E-state index in [0.29, 0.717) is 12.5 Å². The van der Waals surface area contributed by atoms with Gasteiger partial charge >= 0.3 is 0 Å². The van der Waals surface area contributed by atoms with Gasteiger partial charge in [0.05, 0.1) is 0 Å². The van der Waals surface area contributed by atoms with Crippen LogP contribution in [0.4, 0.5) is 5.82 Å². The Morgan fingerprint density at radius 3 is 2.92 bits per heavy atom. The first kappa shape index (κ1) is 8.51. The summed E-state index contributed by atoms with van der Waals surface area (Å²) in [6.45, 7) is 4.16. The molecule has 0 radical (unpaired) electrons. The number of aliphatic hydroxyl groups is 1. The molecule has 2 heterocycles. The van der Waals surface area contributed by atoms with E-state index in [9.17, 15) is 0 Å². The molecule has 2 rings (SSSR count). The normalized spacial score (nSPS) is 17.2. The maximum atomic E-state index is 8.86. The maximum Gasteiger partial charge on any atom is 0.128 e. The van der Waals surface area contributed by atoms with Crippen LogP contribution in [-0.2, 0) is 0 Å². The molecule has 13 heavy (non-hydrogen) atoms. The summed E-state index contributed by atoms with van der Waals surface area (Å²) in [4.78, 5) is 6.60. The molecule has 1 fully saturated rings. The molecular formula is C10H14N2O. The fourth-order valence-corrected chi connectivity index (χ4v) is 1.58. The van der Waals surface area contributed by atoms with E-state index < -0.39 is 0 Å². The van der Waals surface area contributed by atoms with Gasteiger partial charge in [-0.2, -0.15) is 0 Å². The second kappa shape index (κ2) is 3.34. The number of aliphatic hydroxyl groups excluding tert-OH is 1. The average molecular weight is 178 g/mol. The molecule has 0 amide bonds. The van der Waals surface area contributed by atoms with Gasteiger partial charge in [0.25, 0.3) is 0 Å². The van der Waals surface area contributed by atoms with Crippen molar-refractivity contribution in [1.82, 2.24) is 4.98 Å². The Labute approximate surface area is 78.0 Å². The van der Waals surface area contributed by atoms with E-state index in [-0.39, 0.29) is 0 Å². The summed E-state index contributed by atoms with van der Waals surface area (Å²) >= 11 is 0. The van der Waals surface area contributed by atoms with E-state index in [1.165, 1.54) is 0 Å². The Morgan fingerprint density at radius 2 is 2.31 bits per heavy atom. The van der Waals surface area contributed by atoms with Crippen LogP contribution in [0.3, 0.4) is 0 Å². The Kier molecular flexibility index (Phi) is 2.19. The van der Waals surface area contributed by atoms with Crippen molar-refractivity contribution in [2.75, 3.05) is 24.6 Å². The summed E-state index contributed by atoms with van der Waals surface area (Å²) in [5, 5.41) is 8.86. The van der Waals surface area contributed by atoms with Gasteiger partial charge in [0.2, 0.25) is 0 Å². The monoisotopic (exact) mass is 178 g/mol. The summed E-state index contributed by atoms with van der Waals surface area (Å²) < 4.78 is 0. The minimum absolute atomic E-state index is 0.294. The molecular weight excluding hydrogens is 164 g/mol. The lowest BCUT2D eigenvalue weighted by molar-refractivity contribution is 0.200. The van der Waals surface area contributed by atoms with Crippen LogP contribution in [0.15, 0.2) is 18.2 Å². The summed E-state index contributed by atoms with van der Waals surface area (Å²) in [6, 6.07) is 6.03. The number of pyridine rings is 1. The van der Waals surface area contributed by atoms with Gasteiger partial charge in [-0.25, -0.2) is 4.98 Å². The molecule has 0 aromatic carbocycles. The predicted octanol–water partition coefficient (Wildman–Crippen LogP) is 0.819. The van der Waals surface area contributed by atoms with Gasteiger partial charge in [0.1, 0.15) is 5.82 Å². The van der Waals surface area contributed by atoms with Crippen LogP contribution in [0.1, 0.15) is 5.69 Å². The molecule has 0 unspecified atom stereocenters. The van der Waals surface area contributed by atoms with Crippen LogP contribution in [0.25, 0.3) is 0 Å². The number of anilines is 1. The fourth-order valence-electron chi connectivity index (χ4n) is 1.58. The van der Waals surface area contributed by atoms with Crippen LogP contribution in [0.2, 0.25) is 0 Å². The zero-order valence-corrected chi connectivity index (χ0v) is 7.77. The van der Waals surface area contributed by atoms with Gasteiger partial charge in [-0.05, 0) is 19.1 Å². The lowest BCUT2D eigenvalue weighted by atomic mass is 10.0. The third-order valence-corrected chi connectivity index (χ3v) is 2.41. The Morgan fingerprint density at radius 1 is 1.54 bits per heavy atom. The minimum Gasteiger partial charge on any atom is -0.396 e. The smallest absolute Gasteiger partial charge is 0.128 e. The molecule has 0 saturated carbocycles. The summed E-state index contributed by atoms with van der Waals surface area (Å²) in [5.41, 5.74) is 1.05. The number of hydrogen-bond donors (Lipinski definition) is 1. The SMILES string of the molecule is Cc1cccc(N2CC(CO)C2)n1. The highest BCUT2D eigenvalue weighted by molar-refractivity contribution is 5.42. The lowest BCUT2D eigenvalue weighted by Gasteiger charge is -2.39. The van der Waals surface area contributed by atoms with Gasteiger partial charge in [-0.1, -0.05) is 6.07 Å². The first-order valence-corrected chi connectivity index (χ1v) is 4.59. The minimum atomic E-state index is 0.294. The molecule has 1 saturated heterocycles. The Hall–Kier alpha value is -1.09. The molecule has 1 N–H and O–H groups in total. The van der Waals surface area contributed by atoms with Gasteiger partial charge in [-0.15, -0.1) is 0 Å². The van der Waals surface area contributed by atoms with Crippen molar-refractivity contribution in [3.05, 3.63) is 23.9 Å². The zero-order chi connectivity index (χ0) is 9.26. The first-order chi connectivity index (χ1) is 6.29. The van der Waals surface area contributed by atoms with E-state index in [4.69, 9.17) is 5.11 Å². The third kappa shape index (κ3) is 1.65. The molecule has 1 aliphatic rings. The van der Waals surface area contributed by atoms with Crippen LogP contribution in [0.5, 0.6) is 0 Å². The van der Waals surface area contributed by atoms with Crippen molar-refractivity contribution >= 4 is 5.82 Å². The Bertz CT molecular complexity index is 295. The zero-order valence-electron chi connectivity index (χ0n) is 7.77. The van der Waals surface area contributed by atoms with E-state index in [1.807, 2.05) is 25.1 Å². The Balaban J connectivity index is 2.03. The summed E-state index contributed by atoms with van der Waals surface area (Å²) in [7, 11) is 0. The van der Waals surface area contributed by atoms with Crippen LogP contribution < -0.4 is 4.90 Å². The highest BCUT2D eigenvalue weighted by atomic mass is 16.3. The van der Waals surface area contributed by atoms with Crippen molar-refractivity contribution in [1.29, 1.82) is 0 Å². The van der Waals surface area contributed by atoms with Gasteiger partial charge in [-0.3, -0.25) is 0 Å². The van der Waals surface area contributed by atoms with Crippen LogP contribution in [-0.4, -0.2) is 29.8 Å². The standard InChI is InChI=1S/C10H14N2O/c1-8-3-2-4-10(11-8)12-5-9(6-12)7-13/h2-4,9,13H,5-7H2,1H3. The molecule has 0 bridgehead atoms. The van der Waals surface area contributed by atoms with E-state index in [2.05, 4.69) is 9.88 Å². The number of aryl methyl sites for hydroxylation is 1. The first-order valence-electron chi connectivity index (χ1n) is 4.59. The second-order valence-electron chi connectivity index (χ2n) is 3.59. The van der Waals surface area contributed by atoms with Crippen molar-refractivity contribution in [3.8, 4) is 0 Å². The lowest BCUT2D eigenvalue weighted by Crippen LogP contribution is -2.48. The molecule has 1 aliphatic heterocycles. The summed E-state index contributed by atoms with van der Waals surface area (Å²) in [5.74, 6) is 1.48. The number of hydrogen-bond acceptors (Lipinski definition) is 3. The maximum absolute atomic E-state index is 8.86. The molecule has 70 valence electrons. The number of rotatable bonds is 2. The van der Waals surface area contributed by atoms with E-state index in [1.54, 1.807) is 0 Å². The van der Waals surface area contributed by atoms with Crippen LogP contribution >= 0.6 is 0 Å². The molecule has 1 aromatic rings. The molecule has 0 atom stereocenters. The third-order valence-electron chi connectivity index (χ3n) is 2.41. The quantitative estimate of drug-likeness (QED) is 0.728. The fraction of sp³-hybridized carbons (Fsp3) is 0.500. The van der Waals surface area contributed by atoms with Crippen LogP contribution in [0, 0.1) is 12.8 Å². The van der Waals surface area contributed by atoms with Crippen molar-refractivity contribution in [2.45, 2.75) is 6.92 Å². The van der Waals surface area contributed by atoms with Gasteiger partial charge in [0, 0.05) is 31.3 Å². The molecule has 1 aromatic heterocycles. The van der Waals surface area contributed by atoms with Gasteiger partial charge < -0.3 is 10.0 Å². The topological polar surface area (TPSA) is 36.4 Å². The van der Waals surface area contributed by atoms with Crippen molar-refractivity contribution in [3.63, 3.8) is 0 Å². The average Bonchev–Trinajstić information content (AvgIpc) is 2.02. The van der Waals surface area contributed by atoms with E-state index >= 15 is 0 Å². The van der Waals surface area contributed by atoms with E-state index in [0.717, 1.165) is 24.6 Å². The number of nitrogens with zero attached hydrogens (tertiary/aromatic N) is 2. The highest BCUT2D eigenvalue weighted by Crippen LogP contribution is 2.21. The van der Waals surface area contributed by atoms with Crippen molar-refractivity contribution < 1.29 is 5.11 Å². The molecule has 0 aliphatic carbocycles. The number of aromatic nitrogens is 1. The summed E-state index contributed by atoms with van der Waals surface area (Å²) in [6.07, 6.45) is 0. The van der Waals surface area contributed by atoms with Crippen molar-refractivity contribution in [2.24, 2.45) is 5.92 Å². The highest BCUT2D eigenvalue weighted by Gasteiger charge is 2.26. The largest absolute Gasteiger partial charge is 0.396 e. The second-order valence-corrected chi connectivity index (χ2v) is 3.59.